The Morgan fingerprint density at radius 2 is 1.74 bits per heavy atom. The third kappa shape index (κ3) is 4.98. The number of carbonyl (C=O) groups excluding carboxylic acids is 1. The van der Waals surface area contributed by atoms with E-state index in [0.29, 0.717) is 23.5 Å². The van der Waals surface area contributed by atoms with Crippen molar-refractivity contribution < 1.29 is 18.8 Å². The van der Waals surface area contributed by atoms with Crippen LogP contribution in [-0.2, 0) is 11.4 Å². The smallest absolute Gasteiger partial charge is 0.254 e. The van der Waals surface area contributed by atoms with Gasteiger partial charge in [-0.15, -0.1) is 0 Å². The van der Waals surface area contributed by atoms with E-state index >= 15 is 0 Å². The molecule has 1 amide bonds. The lowest BCUT2D eigenvalue weighted by atomic mass is 10.2. The van der Waals surface area contributed by atoms with Crippen LogP contribution in [0.2, 0.25) is 0 Å². The van der Waals surface area contributed by atoms with Crippen molar-refractivity contribution in [2.45, 2.75) is 26.4 Å². The van der Waals surface area contributed by atoms with Crippen LogP contribution in [0.3, 0.4) is 0 Å². The monoisotopic (exact) mass is 317 g/mol. The number of carbonyl (C=O) groups is 1. The average Bonchev–Trinajstić information content (AvgIpc) is 2.55. The standard InChI is InChI=1S/C18H20FNO3/c1-3-6-18(21)20(2)23-16-11-9-15(10-12-16)22-13-14-7-4-5-8-17(14)19/h4-5,7-12H,3,6,13H2,1-2H3. The molecule has 2 aromatic rings. The molecule has 0 unspecified atom stereocenters. The van der Waals surface area contributed by atoms with Gasteiger partial charge >= 0.3 is 0 Å². The molecule has 0 bridgehead atoms. The van der Waals surface area contributed by atoms with Crippen LogP contribution < -0.4 is 9.57 Å². The maximum absolute atomic E-state index is 13.5. The summed E-state index contributed by atoms with van der Waals surface area (Å²) in [5.41, 5.74) is 0.498. The highest BCUT2D eigenvalue weighted by molar-refractivity contribution is 5.74. The molecule has 0 spiro atoms. The summed E-state index contributed by atoms with van der Waals surface area (Å²) in [5, 5.41) is 1.22. The molecule has 0 aliphatic carbocycles. The molecule has 122 valence electrons. The number of nitrogens with zero attached hydrogens (tertiary/aromatic N) is 1. The van der Waals surface area contributed by atoms with Gasteiger partial charge in [0.2, 0.25) is 0 Å². The summed E-state index contributed by atoms with van der Waals surface area (Å²) in [5.74, 6) is 0.772. The first-order valence-electron chi connectivity index (χ1n) is 7.51. The zero-order chi connectivity index (χ0) is 16.7. The van der Waals surface area contributed by atoms with Gasteiger partial charge in [-0.1, -0.05) is 25.1 Å². The molecule has 5 heteroatoms. The van der Waals surface area contributed by atoms with E-state index in [-0.39, 0.29) is 18.3 Å². The van der Waals surface area contributed by atoms with Crippen LogP contribution >= 0.6 is 0 Å². The first kappa shape index (κ1) is 16.8. The largest absolute Gasteiger partial charge is 0.489 e. The van der Waals surface area contributed by atoms with E-state index in [1.165, 1.54) is 11.1 Å². The second-order valence-corrected chi connectivity index (χ2v) is 5.08. The Labute approximate surface area is 135 Å². The van der Waals surface area contributed by atoms with Crippen LogP contribution in [0.1, 0.15) is 25.3 Å². The van der Waals surface area contributed by atoms with Crippen molar-refractivity contribution >= 4 is 5.91 Å². The van der Waals surface area contributed by atoms with Gasteiger partial charge in [0.25, 0.3) is 5.91 Å². The Hall–Kier alpha value is -2.56. The third-order valence-electron chi connectivity index (χ3n) is 3.23. The SMILES string of the molecule is CCCC(=O)N(C)Oc1ccc(OCc2ccccc2F)cc1. The molecular weight excluding hydrogens is 297 g/mol. The molecule has 0 saturated heterocycles. The Bertz CT molecular complexity index is 643. The number of halogens is 1. The summed E-state index contributed by atoms with van der Waals surface area (Å²) in [7, 11) is 1.58. The van der Waals surface area contributed by atoms with Crippen molar-refractivity contribution in [3.05, 3.63) is 59.9 Å². The van der Waals surface area contributed by atoms with Gasteiger partial charge in [-0.25, -0.2) is 4.39 Å². The summed E-state index contributed by atoms with van der Waals surface area (Å²) >= 11 is 0. The van der Waals surface area contributed by atoms with Gasteiger partial charge in [0, 0.05) is 19.0 Å². The molecule has 4 nitrogen and oxygen atoms in total. The van der Waals surface area contributed by atoms with Crippen LogP contribution in [0.5, 0.6) is 11.5 Å². The first-order valence-corrected chi connectivity index (χ1v) is 7.51. The minimum atomic E-state index is -0.288. The topological polar surface area (TPSA) is 38.8 Å². The fourth-order valence-electron chi connectivity index (χ4n) is 1.95. The van der Waals surface area contributed by atoms with E-state index in [1.807, 2.05) is 6.92 Å². The van der Waals surface area contributed by atoms with Crippen molar-refractivity contribution in [3.8, 4) is 11.5 Å². The second kappa shape index (κ2) is 8.17. The molecule has 0 aliphatic heterocycles. The minimum absolute atomic E-state index is 0.0765. The van der Waals surface area contributed by atoms with Gasteiger partial charge in [0.05, 0.1) is 0 Å². The summed E-state index contributed by atoms with van der Waals surface area (Å²) < 4.78 is 19.0. The summed E-state index contributed by atoms with van der Waals surface area (Å²) in [6.07, 6.45) is 1.22. The highest BCUT2D eigenvalue weighted by Gasteiger charge is 2.09. The van der Waals surface area contributed by atoms with Gasteiger partial charge < -0.3 is 9.57 Å². The summed E-state index contributed by atoms with van der Waals surface area (Å²) in [6, 6.07) is 13.3. The minimum Gasteiger partial charge on any atom is -0.489 e. The van der Waals surface area contributed by atoms with Crippen molar-refractivity contribution in [3.63, 3.8) is 0 Å². The highest BCUT2D eigenvalue weighted by atomic mass is 19.1. The lowest BCUT2D eigenvalue weighted by Crippen LogP contribution is -2.29. The number of ether oxygens (including phenoxy) is 1. The van der Waals surface area contributed by atoms with Gasteiger partial charge in [-0.05, 0) is 36.8 Å². The molecule has 0 saturated carbocycles. The molecule has 0 fully saturated rings. The third-order valence-corrected chi connectivity index (χ3v) is 3.23. The number of benzene rings is 2. The van der Waals surface area contributed by atoms with E-state index in [1.54, 1.807) is 49.5 Å². The van der Waals surface area contributed by atoms with Crippen LogP contribution in [-0.4, -0.2) is 18.0 Å². The Morgan fingerprint density at radius 3 is 2.39 bits per heavy atom. The zero-order valence-electron chi connectivity index (χ0n) is 13.3. The Morgan fingerprint density at radius 1 is 1.09 bits per heavy atom. The molecule has 0 atom stereocenters. The van der Waals surface area contributed by atoms with Gasteiger partial charge in [0.1, 0.15) is 18.2 Å². The normalized spacial score (nSPS) is 10.2. The molecular formula is C18H20FNO3. The van der Waals surface area contributed by atoms with Crippen molar-refractivity contribution in [2.24, 2.45) is 0 Å². The predicted molar refractivity (Wildman–Crippen MR) is 85.5 cm³/mol. The number of hydroxylamine groups is 2. The van der Waals surface area contributed by atoms with E-state index < -0.39 is 0 Å². The number of amides is 1. The van der Waals surface area contributed by atoms with Gasteiger partial charge in [0.15, 0.2) is 5.75 Å². The maximum Gasteiger partial charge on any atom is 0.254 e. The van der Waals surface area contributed by atoms with Crippen molar-refractivity contribution in [1.29, 1.82) is 0 Å². The predicted octanol–water partition coefficient (Wildman–Crippen LogP) is 3.96. The Balaban J connectivity index is 1.89. The fourth-order valence-corrected chi connectivity index (χ4v) is 1.95. The van der Waals surface area contributed by atoms with E-state index in [9.17, 15) is 9.18 Å². The molecule has 23 heavy (non-hydrogen) atoms. The number of rotatable bonds is 7. The zero-order valence-corrected chi connectivity index (χ0v) is 13.3. The quantitative estimate of drug-likeness (QED) is 0.726. The molecule has 0 radical (unpaired) electrons. The lowest BCUT2D eigenvalue weighted by molar-refractivity contribution is -0.152. The van der Waals surface area contributed by atoms with Gasteiger partial charge in [-0.3, -0.25) is 4.79 Å². The molecule has 0 aliphatic rings. The fraction of sp³-hybridized carbons (Fsp3) is 0.278. The first-order chi connectivity index (χ1) is 11.1. The number of hydrogen-bond donors (Lipinski definition) is 0. The molecule has 0 N–H and O–H groups in total. The second-order valence-electron chi connectivity index (χ2n) is 5.08. The lowest BCUT2D eigenvalue weighted by Gasteiger charge is -2.17. The summed E-state index contributed by atoms with van der Waals surface area (Å²) in [4.78, 5) is 17.1. The van der Waals surface area contributed by atoms with Crippen LogP contribution in [0.4, 0.5) is 4.39 Å². The van der Waals surface area contributed by atoms with E-state index in [4.69, 9.17) is 9.57 Å². The van der Waals surface area contributed by atoms with E-state index in [0.717, 1.165) is 6.42 Å². The van der Waals surface area contributed by atoms with Gasteiger partial charge in [-0.2, -0.15) is 5.06 Å². The van der Waals surface area contributed by atoms with Crippen LogP contribution in [0, 0.1) is 5.82 Å². The summed E-state index contributed by atoms with van der Waals surface area (Å²) in [6.45, 7) is 2.09. The van der Waals surface area contributed by atoms with Crippen molar-refractivity contribution in [2.75, 3.05) is 7.05 Å². The molecule has 0 heterocycles. The van der Waals surface area contributed by atoms with Crippen molar-refractivity contribution in [1.82, 2.24) is 5.06 Å². The Kier molecular flexibility index (Phi) is 5.97. The highest BCUT2D eigenvalue weighted by Crippen LogP contribution is 2.20. The number of hydrogen-bond acceptors (Lipinski definition) is 3. The maximum atomic E-state index is 13.5. The van der Waals surface area contributed by atoms with Crippen LogP contribution in [0.25, 0.3) is 0 Å². The molecule has 2 rings (SSSR count). The van der Waals surface area contributed by atoms with Crippen LogP contribution in [0.15, 0.2) is 48.5 Å². The average molecular weight is 317 g/mol. The van der Waals surface area contributed by atoms with E-state index in [2.05, 4.69) is 0 Å². The molecule has 2 aromatic carbocycles. The molecule has 0 aromatic heterocycles.